The summed E-state index contributed by atoms with van der Waals surface area (Å²) in [6.45, 7) is 6.84. The van der Waals surface area contributed by atoms with Gasteiger partial charge in [0.2, 0.25) is 0 Å². The van der Waals surface area contributed by atoms with Gasteiger partial charge in [0, 0.05) is 29.8 Å². The Hall–Kier alpha value is -1.15. The molecule has 1 aromatic heterocycles. The van der Waals surface area contributed by atoms with Crippen LogP contribution in [0.1, 0.15) is 37.9 Å². The van der Waals surface area contributed by atoms with Crippen molar-refractivity contribution < 1.29 is 13.2 Å². The van der Waals surface area contributed by atoms with Crippen molar-refractivity contribution in [1.82, 2.24) is 15.6 Å². The molecule has 0 radical (unpaired) electrons. The van der Waals surface area contributed by atoms with Crippen LogP contribution in [0, 0.1) is 0 Å². The summed E-state index contributed by atoms with van der Waals surface area (Å²) in [5, 5.41) is 8.51. The maximum absolute atomic E-state index is 11.7. The van der Waals surface area contributed by atoms with E-state index in [1.54, 1.807) is 11.3 Å². The molecule has 2 amide bonds. The molecule has 2 rings (SSSR count). The van der Waals surface area contributed by atoms with E-state index in [0.29, 0.717) is 19.4 Å². The highest BCUT2D eigenvalue weighted by Gasteiger charge is 2.28. The first-order valence-corrected chi connectivity index (χ1v) is 10.1. The molecule has 0 aliphatic carbocycles. The highest BCUT2D eigenvalue weighted by Crippen LogP contribution is 2.23. The van der Waals surface area contributed by atoms with Gasteiger partial charge in [-0.05, 0) is 6.42 Å². The Bertz CT molecular complexity index is 632. The van der Waals surface area contributed by atoms with Gasteiger partial charge in [-0.2, -0.15) is 0 Å². The SMILES string of the molecule is CC(C)(C)c1csc(CCNC(=O)NC2CCS(=O)(=O)C2)n1. The van der Waals surface area contributed by atoms with Gasteiger partial charge in [-0.15, -0.1) is 11.3 Å². The number of urea groups is 1. The van der Waals surface area contributed by atoms with E-state index in [1.807, 2.05) is 0 Å². The first-order valence-electron chi connectivity index (χ1n) is 7.35. The number of aromatic nitrogens is 1. The standard InChI is InChI=1S/C14H23N3O3S2/c1-14(2,3)11-8-21-12(17-11)4-6-15-13(18)16-10-5-7-22(19,20)9-10/h8,10H,4-7,9H2,1-3H3,(H2,15,16,18). The van der Waals surface area contributed by atoms with Gasteiger partial charge in [-0.3, -0.25) is 0 Å². The third kappa shape index (κ3) is 4.95. The largest absolute Gasteiger partial charge is 0.338 e. The van der Waals surface area contributed by atoms with Crippen LogP contribution in [0.15, 0.2) is 5.38 Å². The smallest absolute Gasteiger partial charge is 0.315 e. The maximum Gasteiger partial charge on any atom is 0.315 e. The average Bonchev–Trinajstić information content (AvgIpc) is 2.95. The number of sulfone groups is 1. The molecule has 124 valence electrons. The molecule has 1 saturated heterocycles. The molecule has 0 bridgehead atoms. The topological polar surface area (TPSA) is 88.2 Å². The van der Waals surface area contributed by atoms with Crippen LogP contribution in [0.2, 0.25) is 0 Å². The second-order valence-corrected chi connectivity index (χ2v) is 9.80. The molecular weight excluding hydrogens is 322 g/mol. The normalized spacial score (nSPS) is 20.8. The average molecular weight is 345 g/mol. The number of thiazole rings is 1. The van der Waals surface area contributed by atoms with Gasteiger partial charge in [-0.25, -0.2) is 18.2 Å². The monoisotopic (exact) mass is 345 g/mol. The molecule has 0 saturated carbocycles. The molecule has 1 aromatic rings. The van der Waals surface area contributed by atoms with E-state index in [4.69, 9.17) is 0 Å². The number of nitrogens with one attached hydrogen (secondary N) is 2. The Morgan fingerprint density at radius 1 is 1.45 bits per heavy atom. The zero-order valence-corrected chi connectivity index (χ0v) is 14.8. The molecule has 8 heteroatoms. The molecule has 2 heterocycles. The zero-order chi connectivity index (χ0) is 16.4. The van der Waals surface area contributed by atoms with Crippen molar-refractivity contribution in [3.8, 4) is 0 Å². The molecular formula is C14H23N3O3S2. The van der Waals surface area contributed by atoms with E-state index in [0.717, 1.165) is 10.7 Å². The van der Waals surface area contributed by atoms with Gasteiger partial charge < -0.3 is 10.6 Å². The lowest BCUT2D eigenvalue weighted by molar-refractivity contribution is 0.238. The van der Waals surface area contributed by atoms with Crippen LogP contribution in [-0.2, 0) is 21.7 Å². The van der Waals surface area contributed by atoms with E-state index >= 15 is 0 Å². The van der Waals surface area contributed by atoms with Crippen LogP contribution in [-0.4, -0.2) is 43.5 Å². The van der Waals surface area contributed by atoms with Gasteiger partial charge in [-0.1, -0.05) is 20.8 Å². The highest BCUT2D eigenvalue weighted by atomic mass is 32.2. The number of amides is 2. The first kappa shape index (κ1) is 17.2. The summed E-state index contributed by atoms with van der Waals surface area (Å²) in [5.41, 5.74) is 1.10. The van der Waals surface area contributed by atoms with E-state index in [2.05, 4.69) is 41.8 Å². The third-order valence-electron chi connectivity index (χ3n) is 3.51. The van der Waals surface area contributed by atoms with Crippen molar-refractivity contribution in [3.05, 3.63) is 16.1 Å². The minimum absolute atomic E-state index is 0.0352. The molecule has 6 nitrogen and oxygen atoms in total. The maximum atomic E-state index is 11.7. The minimum atomic E-state index is -2.97. The van der Waals surface area contributed by atoms with Crippen molar-refractivity contribution >= 4 is 27.2 Å². The van der Waals surface area contributed by atoms with Crippen molar-refractivity contribution in [2.75, 3.05) is 18.1 Å². The Balaban J connectivity index is 1.72. The summed E-state index contributed by atoms with van der Waals surface area (Å²) >= 11 is 1.60. The van der Waals surface area contributed by atoms with Crippen molar-refractivity contribution in [3.63, 3.8) is 0 Å². The number of hydrogen-bond acceptors (Lipinski definition) is 5. The molecule has 2 N–H and O–H groups in total. The van der Waals surface area contributed by atoms with E-state index < -0.39 is 9.84 Å². The molecule has 0 aromatic carbocycles. The fourth-order valence-corrected chi connectivity index (χ4v) is 4.90. The first-order chi connectivity index (χ1) is 10.2. The van der Waals surface area contributed by atoms with Crippen LogP contribution >= 0.6 is 11.3 Å². The van der Waals surface area contributed by atoms with Crippen LogP contribution in [0.4, 0.5) is 4.79 Å². The van der Waals surface area contributed by atoms with Crippen molar-refractivity contribution in [2.24, 2.45) is 0 Å². The molecule has 0 spiro atoms. The lowest BCUT2D eigenvalue weighted by Crippen LogP contribution is -2.43. The summed E-state index contributed by atoms with van der Waals surface area (Å²) < 4.78 is 22.7. The van der Waals surface area contributed by atoms with Gasteiger partial charge in [0.25, 0.3) is 0 Å². The molecule has 1 fully saturated rings. The van der Waals surface area contributed by atoms with Gasteiger partial charge >= 0.3 is 6.03 Å². The summed E-state index contributed by atoms with van der Waals surface area (Å²) in [6, 6.07) is -0.577. The lowest BCUT2D eigenvalue weighted by Gasteiger charge is -2.14. The number of rotatable bonds is 4. The Labute approximate surface area is 135 Å². The summed E-state index contributed by atoms with van der Waals surface area (Å²) in [6.07, 6.45) is 1.17. The van der Waals surface area contributed by atoms with Crippen molar-refractivity contribution in [2.45, 2.75) is 45.1 Å². The predicted molar refractivity (Wildman–Crippen MR) is 88.1 cm³/mol. The molecule has 1 atom stereocenters. The number of hydrogen-bond donors (Lipinski definition) is 2. The summed E-state index contributed by atoms with van der Waals surface area (Å²) in [7, 11) is -2.97. The van der Waals surface area contributed by atoms with Gasteiger partial charge in [0.15, 0.2) is 9.84 Å². The molecule has 22 heavy (non-hydrogen) atoms. The Kier molecular flexibility index (Phi) is 5.11. The minimum Gasteiger partial charge on any atom is -0.338 e. The summed E-state index contributed by atoms with van der Waals surface area (Å²) in [4.78, 5) is 16.3. The van der Waals surface area contributed by atoms with Crippen LogP contribution in [0.3, 0.4) is 0 Å². The lowest BCUT2D eigenvalue weighted by atomic mass is 9.93. The fourth-order valence-electron chi connectivity index (χ4n) is 2.20. The number of carbonyl (C=O) groups excluding carboxylic acids is 1. The second kappa shape index (κ2) is 6.54. The van der Waals surface area contributed by atoms with Gasteiger partial charge in [0.1, 0.15) is 0 Å². The second-order valence-electron chi connectivity index (χ2n) is 6.63. The van der Waals surface area contributed by atoms with Crippen molar-refractivity contribution in [1.29, 1.82) is 0 Å². The predicted octanol–water partition coefficient (Wildman–Crippen LogP) is 1.47. The van der Waals surface area contributed by atoms with E-state index in [-0.39, 0.29) is 29.0 Å². The van der Waals surface area contributed by atoms with Crippen LogP contribution in [0.5, 0.6) is 0 Å². The third-order valence-corrected chi connectivity index (χ3v) is 6.19. The van der Waals surface area contributed by atoms with Crippen LogP contribution < -0.4 is 10.6 Å². The Morgan fingerprint density at radius 3 is 2.73 bits per heavy atom. The molecule has 1 unspecified atom stereocenters. The zero-order valence-electron chi connectivity index (χ0n) is 13.2. The van der Waals surface area contributed by atoms with E-state index in [9.17, 15) is 13.2 Å². The quantitative estimate of drug-likeness (QED) is 0.865. The fraction of sp³-hybridized carbons (Fsp3) is 0.714. The van der Waals surface area contributed by atoms with Gasteiger partial charge in [0.05, 0.1) is 22.2 Å². The molecule has 1 aliphatic heterocycles. The number of nitrogens with zero attached hydrogens (tertiary/aromatic N) is 1. The number of carbonyl (C=O) groups is 1. The highest BCUT2D eigenvalue weighted by molar-refractivity contribution is 7.91. The van der Waals surface area contributed by atoms with E-state index in [1.165, 1.54) is 0 Å². The summed E-state index contributed by atoms with van der Waals surface area (Å²) in [5.74, 6) is 0.203. The Morgan fingerprint density at radius 2 is 2.18 bits per heavy atom. The molecule has 1 aliphatic rings. The van der Waals surface area contributed by atoms with Crippen LogP contribution in [0.25, 0.3) is 0 Å².